The van der Waals surface area contributed by atoms with Gasteiger partial charge in [-0.05, 0) is 22.9 Å². The molecule has 5 heteroatoms. The fraction of sp³-hybridized carbons (Fsp3) is 0.0909. The zero-order chi connectivity index (χ0) is 11.4. The highest BCUT2D eigenvalue weighted by Gasteiger charge is 2.09. The third kappa shape index (κ3) is 2.48. The molecule has 0 aromatic carbocycles. The molecule has 0 atom stereocenters. The number of nitrogens with zero attached hydrogens (tertiary/aromatic N) is 1. The van der Waals surface area contributed by atoms with Crippen LogP contribution in [0.3, 0.4) is 0 Å². The van der Waals surface area contributed by atoms with E-state index in [0.29, 0.717) is 17.0 Å². The van der Waals surface area contributed by atoms with Crippen LogP contribution in [0.1, 0.15) is 10.4 Å². The summed E-state index contributed by atoms with van der Waals surface area (Å²) in [6.07, 6.45) is 0.362. The monoisotopic (exact) mass is 248 g/mol. The SMILES string of the molecule is N#Cc1ccsc1NC(=O)Cc1cccs1. The first-order chi connectivity index (χ1) is 7.79. The van der Waals surface area contributed by atoms with Crippen LogP contribution in [0.5, 0.6) is 0 Å². The van der Waals surface area contributed by atoms with Crippen LogP contribution in [-0.4, -0.2) is 5.91 Å². The molecule has 0 aliphatic rings. The Hall–Kier alpha value is -1.64. The molecule has 0 spiro atoms. The number of hydrogen-bond acceptors (Lipinski definition) is 4. The van der Waals surface area contributed by atoms with E-state index in [-0.39, 0.29) is 5.91 Å². The Bertz CT molecular complexity index is 522. The lowest BCUT2D eigenvalue weighted by molar-refractivity contribution is -0.115. The van der Waals surface area contributed by atoms with Crippen molar-refractivity contribution in [1.82, 2.24) is 0 Å². The number of rotatable bonds is 3. The van der Waals surface area contributed by atoms with Crippen LogP contribution in [0, 0.1) is 11.3 Å². The maximum atomic E-state index is 11.6. The van der Waals surface area contributed by atoms with Gasteiger partial charge in [0.25, 0.3) is 0 Å². The van der Waals surface area contributed by atoms with Crippen LogP contribution in [0.15, 0.2) is 29.0 Å². The Morgan fingerprint density at radius 1 is 1.38 bits per heavy atom. The minimum Gasteiger partial charge on any atom is -0.316 e. The average Bonchev–Trinajstić information content (AvgIpc) is 2.88. The summed E-state index contributed by atoms with van der Waals surface area (Å²) in [6.45, 7) is 0. The summed E-state index contributed by atoms with van der Waals surface area (Å²) < 4.78 is 0. The Labute approximate surface area is 101 Å². The summed E-state index contributed by atoms with van der Waals surface area (Å²) in [5, 5.41) is 15.9. The molecule has 80 valence electrons. The lowest BCUT2D eigenvalue weighted by Gasteiger charge is -2.01. The van der Waals surface area contributed by atoms with Gasteiger partial charge in [-0.3, -0.25) is 4.79 Å². The molecule has 16 heavy (non-hydrogen) atoms. The molecule has 0 saturated heterocycles. The molecule has 0 aliphatic carbocycles. The molecular formula is C11H8N2OS2. The minimum absolute atomic E-state index is 0.0820. The van der Waals surface area contributed by atoms with Gasteiger partial charge >= 0.3 is 0 Å². The number of amides is 1. The molecule has 0 fully saturated rings. The zero-order valence-corrected chi connectivity index (χ0v) is 9.90. The summed E-state index contributed by atoms with van der Waals surface area (Å²) in [7, 11) is 0. The van der Waals surface area contributed by atoms with Gasteiger partial charge in [-0.2, -0.15) is 5.26 Å². The molecule has 1 amide bonds. The van der Waals surface area contributed by atoms with E-state index in [4.69, 9.17) is 5.26 Å². The lowest BCUT2D eigenvalue weighted by atomic mass is 10.3. The minimum atomic E-state index is -0.0820. The Balaban J connectivity index is 2.01. The highest BCUT2D eigenvalue weighted by atomic mass is 32.1. The first-order valence-corrected chi connectivity index (χ1v) is 6.35. The van der Waals surface area contributed by atoms with Crippen LogP contribution in [-0.2, 0) is 11.2 Å². The fourth-order valence-corrected chi connectivity index (χ4v) is 2.69. The van der Waals surface area contributed by atoms with Gasteiger partial charge in [0.1, 0.15) is 11.1 Å². The molecule has 2 rings (SSSR count). The summed E-state index contributed by atoms with van der Waals surface area (Å²) in [4.78, 5) is 12.7. The van der Waals surface area contributed by atoms with Gasteiger partial charge in [0, 0.05) is 4.88 Å². The van der Waals surface area contributed by atoms with E-state index < -0.39 is 0 Å². The van der Waals surface area contributed by atoms with Crippen LogP contribution in [0.4, 0.5) is 5.00 Å². The number of hydrogen-bond donors (Lipinski definition) is 1. The van der Waals surface area contributed by atoms with E-state index in [2.05, 4.69) is 5.32 Å². The van der Waals surface area contributed by atoms with Crippen molar-refractivity contribution >= 4 is 33.6 Å². The fourth-order valence-electron chi connectivity index (χ4n) is 1.24. The highest BCUT2D eigenvalue weighted by Crippen LogP contribution is 2.22. The van der Waals surface area contributed by atoms with Crippen LogP contribution in [0.2, 0.25) is 0 Å². The molecule has 0 bridgehead atoms. The number of thiophene rings is 2. The molecule has 0 unspecified atom stereocenters. The van der Waals surface area contributed by atoms with Gasteiger partial charge in [0.2, 0.25) is 5.91 Å². The Kier molecular flexibility index (Phi) is 3.34. The predicted molar refractivity (Wildman–Crippen MR) is 65.7 cm³/mol. The molecule has 1 N–H and O–H groups in total. The molecule has 2 aromatic rings. The Morgan fingerprint density at radius 3 is 2.94 bits per heavy atom. The number of nitrogens with one attached hydrogen (secondary N) is 1. The molecule has 0 aliphatic heterocycles. The number of anilines is 1. The first kappa shape index (κ1) is 10.9. The van der Waals surface area contributed by atoms with Crippen molar-refractivity contribution in [3.05, 3.63) is 39.4 Å². The summed E-state index contributed by atoms with van der Waals surface area (Å²) >= 11 is 2.92. The van der Waals surface area contributed by atoms with Crippen molar-refractivity contribution < 1.29 is 4.79 Å². The van der Waals surface area contributed by atoms with Crippen LogP contribution >= 0.6 is 22.7 Å². The largest absolute Gasteiger partial charge is 0.316 e. The summed E-state index contributed by atoms with van der Waals surface area (Å²) in [5.74, 6) is -0.0820. The quantitative estimate of drug-likeness (QED) is 0.908. The van der Waals surface area contributed by atoms with Gasteiger partial charge in [0.15, 0.2) is 0 Å². The van der Waals surface area contributed by atoms with Crippen LogP contribution in [0.25, 0.3) is 0 Å². The van der Waals surface area contributed by atoms with Gasteiger partial charge in [0.05, 0.1) is 12.0 Å². The zero-order valence-electron chi connectivity index (χ0n) is 8.27. The van der Waals surface area contributed by atoms with E-state index in [9.17, 15) is 4.79 Å². The normalized spacial score (nSPS) is 9.69. The van der Waals surface area contributed by atoms with E-state index >= 15 is 0 Å². The number of carbonyl (C=O) groups is 1. The summed E-state index contributed by atoms with van der Waals surface area (Å²) in [6, 6.07) is 7.57. The molecular weight excluding hydrogens is 240 g/mol. The maximum absolute atomic E-state index is 11.6. The second kappa shape index (κ2) is 4.92. The second-order valence-electron chi connectivity index (χ2n) is 3.08. The van der Waals surface area contributed by atoms with Crippen molar-refractivity contribution in [2.75, 3.05) is 5.32 Å². The van der Waals surface area contributed by atoms with Crippen molar-refractivity contribution in [1.29, 1.82) is 5.26 Å². The third-order valence-electron chi connectivity index (χ3n) is 1.95. The van der Waals surface area contributed by atoms with Gasteiger partial charge in [-0.15, -0.1) is 22.7 Å². The maximum Gasteiger partial charge on any atom is 0.230 e. The average molecular weight is 248 g/mol. The Morgan fingerprint density at radius 2 is 2.25 bits per heavy atom. The molecule has 2 heterocycles. The van der Waals surface area contributed by atoms with E-state index in [1.165, 1.54) is 11.3 Å². The topological polar surface area (TPSA) is 52.9 Å². The predicted octanol–water partition coefficient (Wildman–Crippen LogP) is 2.86. The van der Waals surface area contributed by atoms with Crippen molar-refractivity contribution in [2.45, 2.75) is 6.42 Å². The first-order valence-electron chi connectivity index (χ1n) is 4.59. The van der Waals surface area contributed by atoms with Crippen molar-refractivity contribution in [2.24, 2.45) is 0 Å². The lowest BCUT2D eigenvalue weighted by Crippen LogP contribution is -2.13. The van der Waals surface area contributed by atoms with Crippen molar-refractivity contribution in [3.8, 4) is 6.07 Å². The highest BCUT2D eigenvalue weighted by molar-refractivity contribution is 7.14. The van der Waals surface area contributed by atoms with E-state index in [1.807, 2.05) is 23.6 Å². The molecule has 0 saturated carbocycles. The number of carbonyl (C=O) groups excluding carboxylic acids is 1. The van der Waals surface area contributed by atoms with Gasteiger partial charge in [-0.1, -0.05) is 6.07 Å². The third-order valence-corrected chi connectivity index (χ3v) is 3.66. The molecule has 3 nitrogen and oxygen atoms in total. The van der Waals surface area contributed by atoms with Gasteiger partial charge < -0.3 is 5.32 Å². The molecule has 0 radical (unpaired) electrons. The van der Waals surface area contributed by atoms with E-state index in [1.54, 1.807) is 22.8 Å². The van der Waals surface area contributed by atoms with Crippen LogP contribution < -0.4 is 5.32 Å². The van der Waals surface area contributed by atoms with Gasteiger partial charge in [-0.25, -0.2) is 0 Å². The smallest absolute Gasteiger partial charge is 0.230 e. The van der Waals surface area contributed by atoms with E-state index in [0.717, 1.165) is 4.88 Å². The summed E-state index contributed by atoms with van der Waals surface area (Å²) in [5.41, 5.74) is 0.518. The molecule has 2 aromatic heterocycles. The standard InChI is InChI=1S/C11H8N2OS2/c12-7-8-3-5-16-11(8)13-10(14)6-9-2-1-4-15-9/h1-5H,6H2,(H,13,14). The van der Waals surface area contributed by atoms with Crippen molar-refractivity contribution in [3.63, 3.8) is 0 Å². The number of nitriles is 1. The second-order valence-corrected chi connectivity index (χ2v) is 5.03.